The van der Waals surface area contributed by atoms with Gasteiger partial charge in [0.15, 0.2) is 22.2 Å². The van der Waals surface area contributed by atoms with Crippen molar-refractivity contribution in [2.75, 3.05) is 19.5 Å². The van der Waals surface area contributed by atoms with Crippen LogP contribution >= 0.6 is 12.2 Å². The SMILES string of the molecule is CO[C@@H]1O[C@@H]2COC(CS(=O)(=O)c3ccccc3)O[C@H]2[C@@H]2OC(=S)N[C@]12O. The number of thiocarbonyl (C=S) groups is 1. The van der Waals surface area contributed by atoms with Crippen LogP contribution in [0.15, 0.2) is 35.2 Å². The minimum absolute atomic E-state index is 0.0163. The molecule has 0 radical (unpaired) electrons. The third-order valence-corrected chi connectivity index (χ3v) is 6.62. The standard InChI is InChI=1S/C16H19NO8S2/c1-21-14-16(18)13(25-15(26)17-16)12-10(23-14)7-22-11(24-12)8-27(19,20)9-5-3-2-4-6-9/h2-6,10-14,18H,7-8H2,1H3,(H,17,26)/t10-,11?,12-,13+,14-,16-/m1/s1. The summed E-state index contributed by atoms with van der Waals surface area (Å²) in [5.41, 5.74) is -1.74. The van der Waals surface area contributed by atoms with Crippen LogP contribution in [0.3, 0.4) is 0 Å². The molecule has 0 saturated carbocycles. The monoisotopic (exact) mass is 417 g/mol. The average Bonchev–Trinajstić information content (AvgIpc) is 2.97. The molecule has 148 valence electrons. The number of aliphatic hydroxyl groups is 1. The van der Waals surface area contributed by atoms with E-state index in [1.807, 2.05) is 0 Å². The summed E-state index contributed by atoms with van der Waals surface area (Å²) >= 11 is 4.99. The molecule has 0 amide bonds. The van der Waals surface area contributed by atoms with Gasteiger partial charge in [-0.1, -0.05) is 18.2 Å². The molecule has 4 rings (SSSR count). The Morgan fingerprint density at radius 3 is 2.78 bits per heavy atom. The van der Waals surface area contributed by atoms with E-state index in [-0.39, 0.29) is 22.4 Å². The van der Waals surface area contributed by atoms with Crippen LogP contribution in [0.4, 0.5) is 0 Å². The van der Waals surface area contributed by atoms with Gasteiger partial charge in [0.1, 0.15) is 18.0 Å². The molecule has 0 spiro atoms. The number of ether oxygens (including phenoxy) is 5. The van der Waals surface area contributed by atoms with Crippen LogP contribution in [0, 0.1) is 0 Å². The quantitative estimate of drug-likeness (QED) is 0.624. The van der Waals surface area contributed by atoms with Crippen LogP contribution in [0.1, 0.15) is 0 Å². The highest BCUT2D eigenvalue weighted by Gasteiger charge is 2.64. The lowest BCUT2D eigenvalue weighted by atomic mass is 9.93. The van der Waals surface area contributed by atoms with E-state index in [0.29, 0.717) is 0 Å². The normalized spacial score (nSPS) is 38.4. The zero-order valence-electron chi connectivity index (χ0n) is 14.3. The summed E-state index contributed by atoms with van der Waals surface area (Å²) in [6.07, 6.45) is -4.43. The number of hydrogen-bond donors (Lipinski definition) is 2. The Morgan fingerprint density at radius 1 is 1.33 bits per heavy atom. The minimum atomic E-state index is -3.62. The van der Waals surface area contributed by atoms with E-state index in [1.165, 1.54) is 19.2 Å². The number of hydrogen-bond acceptors (Lipinski definition) is 9. The molecule has 1 aromatic rings. The lowest BCUT2D eigenvalue weighted by Gasteiger charge is -2.48. The van der Waals surface area contributed by atoms with E-state index < -0.39 is 46.5 Å². The molecule has 9 nitrogen and oxygen atoms in total. The highest BCUT2D eigenvalue weighted by Crippen LogP contribution is 2.38. The van der Waals surface area contributed by atoms with E-state index >= 15 is 0 Å². The summed E-state index contributed by atoms with van der Waals surface area (Å²) < 4.78 is 52.9. The van der Waals surface area contributed by atoms with Crippen molar-refractivity contribution in [1.82, 2.24) is 5.32 Å². The van der Waals surface area contributed by atoms with Gasteiger partial charge < -0.3 is 34.1 Å². The number of rotatable bonds is 4. The Bertz CT molecular complexity index is 819. The van der Waals surface area contributed by atoms with Crippen LogP contribution in [0.2, 0.25) is 0 Å². The minimum Gasteiger partial charge on any atom is -0.459 e. The summed E-state index contributed by atoms with van der Waals surface area (Å²) in [4.78, 5) is 0.176. The molecule has 11 heteroatoms. The van der Waals surface area contributed by atoms with Gasteiger partial charge in [-0.2, -0.15) is 0 Å². The molecule has 0 bridgehead atoms. The second-order valence-corrected chi connectivity index (χ2v) is 8.88. The van der Waals surface area contributed by atoms with Gasteiger partial charge >= 0.3 is 0 Å². The van der Waals surface area contributed by atoms with Crippen molar-refractivity contribution >= 4 is 27.2 Å². The third kappa shape index (κ3) is 3.33. The fraction of sp³-hybridized carbons (Fsp3) is 0.562. The van der Waals surface area contributed by atoms with Gasteiger partial charge in [0.2, 0.25) is 12.0 Å². The zero-order valence-corrected chi connectivity index (χ0v) is 15.9. The molecule has 3 aliphatic rings. The van der Waals surface area contributed by atoms with Crippen molar-refractivity contribution in [1.29, 1.82) is 0 Å². The molecule has 2 N–H and O–H groups in total. The first-order chi connectivity index (χ1) is 12.8. The average molecular weight is 417 g/mol. The van der Waals surface area contributed by atoms with Crippen molar-refractivity contribution in [3.63, 3.8) is 0 Å². The topological polar surface area (TPSA) is 113 Å². The van der Waals surface area contributed by atoms with E-state index in [0.717, 1.165) is 0 Å². The van der Waals surface area contributed by atoms with Crippen LogP contribution in [-0.2, 0) is 33.5 Å². The molecule has 3 fully saturated rings. The summed E-state index contributed by atoms with van der Waals surface area (Å²) in [6.45, 7) is 0.0577. The molecular weight excluding hydrogens is 398 g/mol. The Hall–Kier alpha value is -1.34. The molecule has 0 aromatic heterocycles. The fourth-order valence-corrected chi connectivity index (χ4v) is 5.01. The van der Waals surface area contributed by atoms with Crippen molar-refractivity contribution < 1.29 is 37.2 Å². The first-order valence-corrected chi connectivity index (χ1v) is 10.3. The van der Waals surface area contributed by atoms with E-state index in [2.05, 4.69) is 5.32 Å². The van der Waals surface area contributed by atoms with Gasteiger partial charge in [-0.3, -0.25) is 0 Å². The van der Waals surface area contributed by atoms with Crippen molar-refractivity contribution in [3.8, 4) is 0 Å². The van der Waals surface area contributed by atoms with Crippen molar-refractivity contribution in [3.05, 3.63) is 30.3 Å². The second-order valence-electron chi connectivity index (χ2n) is 6.48. The zero-order chi connectivity index (χ0) is 19.2. The first-order valence-electron chi connectivity index (χ1n) is 8.28. The summed E-state index contributed by atoms with van der Waals surface area (Å²) in [6, 6.07) is 8.04. The van der Waals surface area contributed by atoms with E-state index in [4.69, 9.17) is 35.9 Å². The molecule has 3 saturated heterocycles. The molecule has 6 atom stereocenters. The Labute approximate surface area is 161 Å². The maximum absolute atomic E-state index is 12.6. The molecule has 1 aromatic carbocycles. The Balaban J connectivity index is 1.53. The fourth-order valence-electron chi connectivity index (χ4n) is 3.45. The second kappa shape index (κ2) is 6.92. The van der Waals surface area contributed by atoms with Crippen LogP contribution < -0.4 is 5.32 Å². The molecular formula is C16H19NO8S2. The van der Waals surface area contributed by atoms with Crippen LogP contribution in [-0.4, -0.2) is 74.8 Å². The van der Waals surface area contributed by atoms with Gasteiger partial charge in [0.25, 0.3) is 5.17 Å². The third-order valence-electron chi connectivity index (χ3n) is 4.72. The predicted molar refractivity (Wildman–Crippen MR) is 94.3 cm³/mol. The predicted octanol–water partition coefficient (Wildman–Crippen LogP) is -0.465. The lowest BCUT2D eigenvalue weighted by Crippen LogP contribution is -2.71. The first kappa shape index (κ1) is 19.0. The largest absolute Gasteiger partial charge is 0.459 e. The molecule has 3 aliphatic heterocycles. The highest BCUT2D eigenvalue weighted by atomic mass is 32.2. The van der Waals surface area contributed by atoms with Gasteiger partial charge in [-0.15, -0.1) is 0 Å². The smallest absolute Gasteiger partial charge is 0.259 e. The summed E-state index contributed by atoms with van der Waals surface area (Å²) in [7, 11) is -2.24. The van der Waals surface area contributed by atoms with Crippen LogP contribution in [0.5, 0.6) is 0 Å². The number of benzene rings is 1. The number of fused-ring (bicyclic) bond motifs is 3. The molecule has 0 aliphatic carbocycles. The molecule has 1 unspecified atom stereocenters. The maximum atomic E-state index is 12.6. The van der Waals surface area contributed by atoms with Gasteiger partial charge in [0.05, 0.1) is 11.5 Å². The lowest BCUT2D eigenvalue weighted by molar-refractivity contribution is -0.371. The van der Waals surface area contributed by atoms with Gasteiger partial charge in [-0.25, -0.2) is 8.42 Å². The van der Waals surface area contributed by atoms with Crippen molar-refractivity contribution in [2.24, 2.45) is 0 Å². The number of nitrogens with one attached hydrogen (secondary N) is 1. The molecule has 3 heterocycles. The van der Waals surface area contributed by atoms with E-state index in [9.17, 15) is 13.5 Å². The molecule has 27 heavy (non-hydrogen) atoms. The van der Waals surface area contributed by atoms with Gasteiger partial charge in [-0.05, 0) is 24.4 Å². The number of methoxy groups -OCH3 is 1. The van der Waals surface area contributed by atoms with E-state index in [1.54, 1.807) is 18.2 Å². The summed E-state index contributed by atoms with van der Waals surface area (Å²) in [5.74, 6) is -0.378. The Morgan fingerprint density at radius 2 is 2.07 bits per heavy atom. The number of sulfone groups is 1. The van der Waals surface area contributed by atoms with Crippen molar-refractivity contribution in [2.45, 2.75) is 41.5 Å². The van der Waals surface area contributed by atoms with Crippen LogP contribution in [0.25, 0.3) is 0 Å². The van der Waals surface area contributed by atoms with Gasteiger partial charge in [0, 0.05) is 7.11 Å². The Kier molecular flexibility index (Phi) is 4.87. The summed E-state index contributed by atoms with van der Waals surface area (Å²) in [5, 5.41) is 13.5. The highest BCUT2D eigenvalue weighted by molar-refractivity contribution is 7.91. The maximum Gasteiger partial charge on any atom is 0.259 e.